The van der Waals surface area contributed by atoms with E-state index in [4.69, 9.17) is 10.7 Å². The molecule has 9 heteroatoms. The van der Waals surface area contributed by atoms with Crippen LogP contribution in [-0.2, 0) is 0 Å². The summed E-state index contributed by atoms with van der Waals surface area (Å²) in [7, 11) is 0. The van der Waals surface area contributed by atoms with Gasteiger partial charge in [0.15, 0.2) is 5.65 Å². The molecule has 0 radical (unpaired) electrons. The lowest BCUT2D eigenvalue weighted by molar-refractivity contribution is 0.368. The van der Waals surface area contributed by atoms with E-state index < -0.39 is 0 Å². The number of halogens is 1. The molecule has 0 atom stereocenters. The third-order valence-electron chi connectivity index (χ3n) is 6.02. The van der Waals surface area contributed by atoms with Crippen LogP contribution in [0.15, 0.2) is 47.3 Å². The minimum atomic E-state index is -0.311. The Hall–Kier alpha value is -3.85. The second-order valence-corrected chi connectivity index (χ2v) is 8.24. The van der Waals surface area contributed by atoms with Crippen molar-refractivity contribution in [2.45, 2.75) is 25.8 Å². The summed E-state index contributed by atoms with van der Waals surface area (Å²) in [6.45, 7) is 7.10. The maximum atomic E-state index is 13.1. The van der Waals surface area contributed by atoms with E-state index in [1.807, 2.05) is 6.07 Å². The molecule has 0 saturated carbocycles. The van der Waals surface area contributed by atoms with E-state index in [1.165, 1.54) is 13.0 Å². The van der Waals surface area contributed by atoms with E-state index in [1.54, 1.807) is 39.7 Å². The first-order valence-corrected chi connectivity index (χ1v) is 10.8. The Morgan fingerprint density at radius 2 is 2.06 bits per heavy atom. The molecule has 0 aliphatic carbocycles. The molecule has 0 spiro atoms. The number of nitrogens with one attached hydrogen (secondary N) is 1. The zero-order chi connectivity index (χ0) is 23.1. The lowest BCUT2D eigenvalue weighted by atomic mass is 10.1. The fourth-order valence-corrected chi connectivity index (χ4v) is 4.33. The quantitative estimate of drug-likeness (QED) is 0.497. The number of anilines is 1. The molecule has 4 aromatic rings. The minimum absolute atomic E-state index is 0.0538. The van der Waals surface area contributed by atoms with E-state index in [0.717, 1.165) is 37.1 Å². The van der Waals surface area contributed by atoms with Gasteiger partial charge in [-0.1, -0.05) is 6.58 Å². The Labute approximate surface area is 188 Å². The van der Waals surface area contributed by atoms with Crippen LogP contribution in [0.4, 0.5) is 10.2 Å². The van der Waals surface area contributed by atoms with Crippen LogP contribution in [0.1, 0.15) is 25.8 Å². The highest BCUT2D eigenvalue weighted by atomic mass is 19.1. The highest BCUT2D eigenvalue weighted by Crippen LogP contribution is 2.29. The van der Waals surface area contributed by atoms with Gasteiger partial charge in [-0.3, -0.25) is 14.3 Å². The molecule has 0 amide bonds. The van der Waals surface area contributed by atoms with Gasteiger partial charge < -0.3 is 11.1 Å². The number of hydrogen-bond acceptors (Lipinski definition) is 6. The molecule has 0 aromatic carbocycles. The van der Waals surface area contributed by atoms with Gasteiger partial charge in [0.25, 0.3) is 5.56 Å². The zero-order valence-corrected chi connectivity index (χ0v) is 18.3. The number of nitrogen functional groups attached to an aromatic ring is 1. The van der Waals surface area contributed by atoms with Crippen molar-refractivity contribution in [2.75, 3.05) is 18.8 Å². The summed E-state index contributed by atoms with van der Waals surface area (Å²) in [6.07, 6.45) is 7.97. The summed E-state index contributed by atoms with van der Waals surface area (Å²) in [5.41, 5.74) is 8.94. The van der Waals surface area contributed by atoms with Crippen LogP contribution in [0, 0.1) is 0 Å². The largest absolute Gasteiger partial charge is 0.383 e. The Morgan fingerprint density at radius 3 is 2.79 bits per heavy atom. The first-order valence-electron chi connectivity index (χ1n) is 10.8. The predicted molar refractivity (Wildman–Crippen MR) is 128 cm³/mol. The summed E-state index contributed by atoms with van der Waals surface area (Å²) < 4.78 is 16.4. The summed E-state index contributed by atoms with van der Waals surface area (Å²) in [4.78, 5) is 22.1. The van der Waals surface area contributed by atoms with Gasteiger partial charge in [-0.05, 0) is 62.4 Å². The molecular formula is C24H24FN7O. The van der Waals surface area contributed by atoms with Crippen molar-refractivity contribution in [1.82, 2.24) is 29.5 Å². The van der Waals surface area contributed by atoms with Gasteiger partial charge in [-0.25, -0.2) is 9.37 Å². The van der Waals surface area contributed by atoms with Crippen molar-refractivity contribution in [1.29, 1.82) is 0 Å². The number of nitrogens with two attached hydrogens (primary N) is 1. The average Bonchev–Trinajstić information content (AvgIpc) is 3.23. The van der Waals surface area contributed by atoms with Crippen LogP contribution < -0.4 is 27.2 Å². The third kappa shape index (κ3) is 3.70. The van der Waals surface area contributed by atoms with Crippen LogP contribution in [0.3, 0.4) is 0 Å². The second kappa shape index (κ2) is 8.25. The van der Waals surface area contributed by atoms with Gasteiger partial charge in [0.05, 0.1) is 22.8 Å². The number of fused-ring (bicyclic) bond motifs is 2. The summed E-state index contributed by atoms with van der Waals surface area (Å²) >= 11 is 0. The summed E-state index contributed by atoms with van der Waals surface area (Å²) in [5.74, 6) is 0.106. The molecule has 33 heavy (non-hydrogen) atoms. The Balaban J connectivity index is 1.73. The molecule has 0 unspecified atom stereocenters. The SMILES string of the molecule is C=c1cc(-c2cnn3c(N)c4ccc(=O)n(C5CCNCC5)c4nc23)cnc1=CC=C(C)F. The van der Waals surface area contributed by atoms with Crippen LogP contribution in [0.2, 0.25) is 0 Å². The molecule has 1 aliphatic rings. The summed E-state index contributed by atoms with van der Waals surface area (Å²) in [6, 6.07) is 5.15. The van der Waals surface area contributed by atoms with Crippen molar-refractivity contribution in [3.8, 4) is 11.1 Å². The maximum Gasteiger partial charge on any atom is 0.252 e. The second-order valence-electron chi connectivity index (χ2n) is 8.24. The molecule has 168 valence electrons. The molecule has 1 aliphatic heterocycles. The Kier molecular flexibility index (Phi) is 5.26. The van der Waals surface area contributed by atoms with E-state index in [-0.39, 0.29) is 17.4 Å². The number of rotatable bonds is 3. The maximum absolute atomic E-state index is 13.1. The number of allylic oxidation sites excluding steroid dienone is 2. The fraction of sp³-hybridized carbons (Fsp3) is 0.250. The highest BCUT2D eigenvalue weighted by molar-refractivity contribution is 5.91. The molecule has 1 saturated heterocycles. The topological polar surface area (TPSA) is 103 Å². The highest BCUT2D eigenvalue weighted by Gasteiger charge is 2.21. The van der Waals surface area contributed by atoms with E-state index in [0.29, 0.717) is 33.1 Å². The number of pyridine rings is 2. The molecular weight excluding hydrogens is 421 g/mol. The van der Waals surface area contributed by atoms with Gasteiger partial charge in [0, 0.05) is 29.4 Å². The first-order chi connectivity index (χ1) is 15.9. The van der Waals surface area contributed by atoms with Crippen molar-refractivity contribution >= 4 is 35.2 Å². The normalized spacial score (nSPS) is 16.2. The van der Waals surface area contributed by atoms with Crippen molar-refractivity contribution in [3.63, 3.8) is 0 Å². The van der Waals surface area contributed by atoms with Crippen LogP contribution in [0.25, 0.3) is 40.5 Å². The lowest BCUT2D eigenvalue weighted by Crippen LogP contribution is -2.34. The summed E-state index contributed by atoms with van der Waals surface area (Å²) in [5, 5.41) is 9.67. The molecule has 4 aromatic heterocycles. The number of nitrogens with zero attached hydrogens (tertiary/aromatic N) is 5. The first kappa shape index (κ1) is 21.0. The Morgan fingerprint density at radius 1 is 1.27 bits per heavy atom. The molecule has 3 N–H and O–H groups in total. The van der Waals surface area contributed by atoms with Gasteiger partial charge in [0.1, 0.15) is 11.5 Å². The van der Waals surface area contributed by atoms with Gasteiger partial charge in [0.2, 0.25) is 0 Å². The molecule has 1 fully saturated rings. The Bertz CT molecular complexity index is 1570. The number of aromatic nitrogens is 5. The van der Waals surface area contributed by atoms with E-state index in [2.05, 4.69) is 22.0 Å². The van der Waals surface area contributed by atoms with Crippen molar-refractivity contribution < 1.29 is 4.39 Å². The molecule has 5 heterocycles. The van der Waals surface area contributed by atoms with Crippen molar-refractivity contribution in [3.05, 3.63) is 63.4 Å². The number of piperidine rings is 1. The van der Waals surface area contributed by atoms with E-state index >= 15 is 0 Å². The predicted octanol–water partition coefficient (Wildman–Crippen LogP) is 1.68. The third-order valence-corrected chi connectivity index (χ3v) is 6.02. The van der Waals surface area contributed by atoms with Crippen molar-refractivity contribution in [2.24, 2.45) is 0 Å². The molecule has 5 rings (SSSR count). The standard InChI is InChI=1S/C24H24FN7O/c1-14-11-16(12-28-20(14)5-3-15(2)25)19-13-29-32-22(26)18-4-6-21(33)31(23(18)30-24(19)32)17-7-9-27-10-8-17/h3-6,11-13,17,27H,1,7-10,26H2,2H3. The van der Waals surface area contributed by atoms with E-state index in [9.17, 15) is 9.18 Å². The van der Waals surface area contributed by atoms with Gasteiger partial charge in [-0.15, -0.1) is 0 Å². The lowest BCUT2D eigenvalue weighted by Gasteiger charge is -2.25. The van der Waals surface area contributed by atoms with Crippen LogP contribution >= 0.6 is 0 Å². The van der Waals surface area contributed by atoms with Crippen LogP contribution in [-0.4, -0.2) is 37.2 Å². The van der Waals surface area contributed by atoms with Gasteiger partial charge >= 0.3 is 0 Å². The van der Waals surface area contributed by atoms with Crippen LogP contribution in [0.5, 0.6) is 0 Å². The zero-order valence-electron chi connectivity index (χ0n) is 18.3. The fourth-order valence-electron chi connectivity index (χ4n) is 4.33. The molecule has 0 bridgehead atoms. The smallest absolute Gasteiger partial charge is 0.252 e. The van der Waals surface area contributed by atoms with Gasteiger partial charge in [-0.2, -0.15) is 9.61 Å². The number of hydrogen-bond donors (Lipinski definition) is 2. The molecule has 8 nitrogen and oxygen atoms in total. The monoisotopic (exact) mass is 445 g/mol. The minimum Gasteiger partial charge on any atom is -0.383 e. The average molecular weight is 446 g/mol.